The lowest BCUT2D eigenvalue weighted by atomic mass is 10.2. The Bertz CT molecular complexity index is 882. The van der Waals surface area contributed by atoms with E-state index in [9.17, 15) is 14.4 Å². The first-order chi connectivity index (χ1) is 12.1. The number of carbonyl (C=O) groups is 2. The minimum absolute atomic E-state index is 0.0599. The number of anilines is 1. The van der Waals surface area contributed by atoms with E-state index < -0.39 is 5.97 Å². The number of para-hydroxylation sites is 1. The average molecular weight is 377 g/mol. The van der Waals surface area contributed by atoms with E-state index in [1.165, 1.54) is 7.11 Å². The third kappa shape index (κ3) is 4.05. The second kappa shape index (κ2) is 7.75. The predicted molar refractivity (Wildman–Crippen MR) is 97.0 cm³/mol. The highest BCUT2D eigenvalue weighted by Gasteiger charge is 2.18. The molecule has 1 aliphatic rings. The summed E-state index contributed by atoms with van der Waals surface area (Å²) in [6, 6.07) is 6.60. The molecule has 9 heteroatoms. The van der Waals surface area contributed by atoms with Gasteiger partial charge in [0.15, 0.2) is 5.16 Å². The number of nitrogens with zero attached hydrogens (tertiary/aromatic N) is 1. The molecule has 0 fully saturated rings. The predicted octanol–water partition coefficient (Wildman–Crippen LogP) is 2.03. The maximum Gasteiger partial charge on any atom is 0.339 e. The minimum atomic E-state index is -0.523. The van der Waals surface area contributed by atoms with Gasteiger partial charge in [0.2, 0.25) is 5.91 Å². The summed E-state index contributed by atoms with van der Waals surface area (Å²) in [5.41, 5.74) is 2.02. The standard InChI is InChI=1S/C16H15N3O4S2/c1-23-15(22)9-4-2-3-5-11(9)17-13(20)8-25-16-18-12-7-24-6-10(12)14(21)19-16/h2-5H,6-8H2,1H3,(H,17,20)(H,18,19,21). The highest BCUT2D eigenvalue weighted by Crippen LogP contribution is 2.26. The van der Waals surface area contributed by atoms with E-state index in [0.717, 1.165) is 17.5 Å². The fraction of sp³-hybridized carbons (Fsp3) is 0.250. The van der Waals surface area contributed by atoms with Crippen LogP contribution in [0.2, 0.25) is 0 Å². The van der Waals surface area contributed by atoms with Crippen LogP contribution in [0.1, 0.15) is 21.6 Å². The Morgan fingerprint density at radius 3 is 2.96 bits per heavy atom. The van der Waals surface area contributed by atoms with Crippen molar-refractivity contribution in [3.63, 3.8) is 0 Å². The first-order valence-electron chi connectivity index (χ1n) is 7.38. The van der Waals surface area contributed by atoms with E-state index in [4.69, 9.17) is 4.74 Å². The molecule has 0 radical (unpaired) electrons. The van der Waals surface area contributed by atoms with Gasteiger partial charge in [0.05, 0.1) is 29.8 Å². The maximum absolute atomic E-state index is 12.2. The number of nitrogens with one attached hydrogen (secondary N) is 2. The van der Waals surface area contributed by atoms with Crippen molar-refractivity contribution in [1.82, 2.24) is 9.97 Å². The van der Waals surface area contributed by atoms with E-state index >= 15 is 0 Å². The number of thioether (sulfide) groups is 2. The Morgan fingerprint density at radius 1 is 1.36 bits per heavy atom. The van der Waals surface area contributed by atoms with Gasteiger partial charge < -0.3 is 15.0 Å². The zero-order valence-electron chi connectivity index (χ0n) is 13.3. The van der Waals surface area contributed by atoms with Crippen LogP contribution in [0.5, 0.6) is 0 Å². The number of rotatable bonds is 5. The summed E-state index contributed by atoms with van der Waals surface area (Å²) < 4.78 is 4.70. The number of benzene rings is 1. The number of fused-ring (bicyclic) bond motifs is 1. The molecule has 130 valence electrons. The van der Waals surface area contributed by atoms with Gasteiger partial charge in [-0.2, -0.15) is 11.8 Å². The number of hydrogen-bond donors (Lipinski definition) is 2. The third-order valence-electron chi connectivity index (χ3n) is 3.51. The molecule has 2 N–H and O–H groups in total. The smallest absolute Gasteiger partial charge is 0.339 e. The van der Waals surface area contributed by atoms with E-state index in [1.807, 2.05) is 0 Å². The lowest BCUT2D eigenvalue weighted by Crippen LogP contribution is -2.19. The lowest BCUT2D eigenvalue weighted by Gasteiger charge is -2.09. The average Bonchev–Trinajstić information content (AvgIpc) is 3.09. The van der Waals surface area contributed by atoms with Crippen LogP contribution in [0.3, 0.4) is 0 Å². The number of methoxy groups -OCH3 is 1. The summed E-state index contributed by atoms with van der Waals surface area (Å²) in [7, 11) is 1.28. The van der Waals surface area contributed by atoms with E-state index in [1.54, 1.807) is 36.0 Å². The van der Waals surface area contributed by atoms with Gasteiger partial charge in [0.25, 0.3) is 5.56 Å². The topological polar surface area (TPSA) is 101 Å². The molecule has 0 aliphatic carbocycles. The van der Waals surface area contributed by atoms with Crippen LogP contribution in [0, 0.1) is 0 Å². The summed E-state index contributed by atoms with van der Waals surface area (Å²) in [6.07, 6.45) is 0. The molecule has 1 aromatic heterocycles. The quantitative estimate of drug-likeness (QED) is 0.467. The first-order valence-corrected chi connectivity index (χ1v) is 9.52. The number of hydrogen-bond acceptors (Lipinski definition) is 7. The number of ether oxygens (including phenoxy) is 1. The Labute approximate surface area is 152 Å². The molecule has 1 aromatic carbocycles. The highest BCUT2D eigenvalue weighted by atomic mass is 32.2. The number of aromatic amines is 1. The molecule has 25 heavy (non-hydrogen) atoms. The van der Waals surface area contributed by atoms with Gasteiger partial charge in [-0.1, -0.05) is 23.9 Å². The van der Waals surface area contributed by atoms with Crippen molar-refractivity contribution in [3.8, 4) is 0 Å². The molecule has 3 rings (SSSR count). The van der Waals surface area contributed by atoms with Gasteiger partial charge in [-0.25, -0.2) is 9.78 Å². The Balaban J connectivity index is 1.66. The zero-order chi connectivity index (χ0) is 17.8. The summed E-state index contributed by atoms with van der Waals surface area (Å²) >= 11 is 2.79. The van der Waals surface area contributed by atoms with Gasteiger partial charge >= 0.3 is 5.97 Å². The zero-order valence-corrected chi connectivity index (χ0v) is 15.0. The molecule has 1 aliphatic heterocycles. The Morgan fingerprint density at radius 2 is 2.16 bits per heavy atom. The van der Waals surface area contributed by atoms with Crippen LogP contribution >= 0.6 is 23.5 Å². The number of esters is 1. The molecule has 0 atom stereocenters. The molecule has 0 saturated carbocycles. The molecule has 7 nitrogen and oxygen atoms in total. The van der Waals surface area contributed by atoms with Crippen molar-refractivity contribution in [3.05, 3.63) is 51.4 Å². The van der Waals surface area contributed by atoms with Gasteiger partial charge in [-0.3, -0.25) is 9.59 Å². The van der Waals surface area contributed by atoms with Crippen molar-refractivity contribution in [2.24, 2.45) is 0 Å². The van der Waals surface area contributed by atoms with Crippen molar-refractivity contribution < 1.29 is 14.3 Å². The fourth-order valence-electron chi connectivity index (χ4n) is 2.31. The molecule has 2 heterocycles. The van der Waals surface area contributed by atoms with Crippen molar-refractivity contribution in [2.75, 3.05) is 18.2 Å². The lowest BCUT2D eigenvalue weighted by molar-refractivity contribution is -0.113. The second-order valence-corrected chi connectivity index (χ2v) is 7.11. The maximum atomic E-state index is 12.2. The number of carbonyl (C=O) groups excluding carboxylic acids is 2. The largest absolute Gasteiger partial charge is 0.465 e. The van der Waals surface area contributed by atoms with Crippen LogP contribution < -0.4 is 10.9 Å². The minimum Gasteiger partial charge on any atom is -0.465 e. The second-order valence-electron chi connectivity index (χ2n) is 5.16. The number of H-pyrrole nitrogens is 1. The van der Waals surface area contributed by atoms with Gasteiger partial charge in [-0.05, 0) is 12.1 Å². The van der Waals surface area contributed by atoms with Gasteiger partial charge in [0.1, 0.15) is 0 Å². The van der Waals surface area contributed by atoms with Gasteiger partial charge in [-0.15, -0.1) is 0 Å². The molecule has 0 saturated heterocycles. The summed E-state index contributed by atoms with van der Waals surface area (Å²) in [4.78, 5) is 42.9. The summed E-state index contributed by atoms with van der Waals surface area (Å²) in [5.74, 6) is 0.619. The number of amides is 1. The van der Waals surface area contributed by atoms with Crippen LogP contribution in [0.25, 0.3) is 0 Å². The Hall–Kier alpha value is -2.26. The molecular formula is C16H15N3O4S2. The fourth-order valence-corrected chi connectivity index (χ4v) is 4.02. The van der Waals surface area contributed by atoms with Gasteiger partial charge in [0, 0.05) is 17.1 Å². The van der Waals surface area contributed by atoms with Crippen LogP contribution in [-0.4, -0.2) is 34.7 Å². The van der Waals surface area contributed by atoms with Crippen molar-refractivity contribution in [1.29, 1.82) is 0 Å². The molecule has 0 spiro atoms. The summed E-state index contributed by atoms with van der Waals surface area (Å²) in [5, 5.41) is 3.10. The Kier molecular flexibility index (Phi) is 5.44. The summed E-state index contributed by atoms with van der Waals surface area (Å²) in [6.45, 7) is 0. The monoisotopic (exact) mass is 377 g/mol. The molecule has 2 aromatic rings. The molecule has 0 bridgehead atoms. The number of aromatic nitrogens is 2. The first kappa shape index (κ1) is 17.6. The molecule has 0 unspecified atom stereocenters. The van der Waals surface area contributed by atoms with Crippen LogP contribution in [0.15, 0.2) is 34.2 Å². The van der Waals surface area contributed by atoms with E-state index in [0.29, 0.717) is 27.9 Å². The highest BCUT2D eigenvalue weighted by molar-refractivity contribution is 7.99. The van der Waals surface area contributed by atoms with Crippen LogP contribution in [0.4, 0.5) is 5.69 Å². The van der Waals surface area contributed by atoms with Crippen LogP contribution in [-0.2, 0) is 21.0 Å². The van der Waals surface area contributed by atoms with E-state index in [-0.39, 0.29) is 22.8 Å². The van der Waals surface area contributed by atoms with Crippen molar-refractivity contribution >= 4 is 41.1 Å². The van der Waals surface area contributed by atoms with E-state index in [2.05, 4.69) is 15.3 Å². The molecule has 1 amide bonds. The third-order valence-corrected chi connectivity index (χ3v) is 5.35. The normalized spacial score (nSPS) is 12.5. The SMILES string of the molecule is COC(=O)c1ccccc1NC(=O)CSc1nc2c(c(=O)[nH]1)CSC2. The molecular weight excluding hydrogens is 362 g/mol. The van der Waals surface area contributed by atoms with Crippen molar-refractivity contribution in [2.45, 2.75) is 16.7 Å².